The number of fused-ring (bicyclic) bond motifs is 1. The van der Waals surface area contributed by atoms with Crippen LogP contribution in [-0.4, -0.2) is 12.1 Å². The minimum Gasteiger partial charge on any atom is -0.497 e. The average molecular weight is 339 g/mol. The molecule has 0 fully saturated rings. The van der Waals surface area contributed by atoms with Crippen molar-refractivity contribution in [3.8, 4) is 11.8 Å². The molecule has 2 aromatic rings. The first kappa shape index (κ1) is 15.4. The summed E-state index contributed by atoms with van der Waals surface area (Å²) in [5.41, 5.74) is 2.19. The standard InChI is InChI=1S/C17H13N3OS2/c1-21-12-6-4-5-11(9-12)19-16(22)13(10-18)17-20-14-7-2-3-8-15(14)23-17/h2-9,20H,1H3,(H,19,22). The number of thiocarbonyl (C=S) groups is 1. The zero-order chi connectivity index (χ0) is 16.2. The van der Waals surface area contributed by atoms with Crippen LogP contribution in [0.1, 0.15) is 0 Å². The zero-order valence-corrected chi connectivity index (χ0v) is 13.9. The number of hydrogen-bond donors (Lipinski definition) is 2. The number of ether oxygens (including phenoxy) is 1. The molecule has 0 saturated carbocycles. The fourth-order valence-electron chi connectivity index (χ4n) is 2.13. The molecule has 0 radical (unpaired) electrons. The SMILES string of the molecule is COc1cccc(NC(=S)C(C#N)=C2Nc3ccccc3S2)c1. The van der Waals surface area contributed by atoms with Crippen LogP contribution in [0.2, 0.25) is 0 Å². The van der Waals surface area contributed by atoms with Crippen molar-refractivity contribution in [1.82, 2.24) is 0 Å². The molecule has 0 spiro atoms. The van der Waals surface area contributed by atoms with Gasteiger partial charge in [-0.15, -0.1) is 0 Å². The number of benzene rings is 2. The predicted octanol–water partition coefficient (Wildman–Crippen LogP) is 4.39. The molecule has 1 aliphatic heterocycles. The van der Waals surface area contributed by atoms with E-state index in [4.69, 9.17) is 17.0 Å². The molecule has 2 aromatic carbocycles. The topological polar surface area (TPSA) is 57.1 Å². The second-order valence-corrected chi connectivity index (χ2v) is 6.19. The molecule has 0 atom stereocenters. The van der Waals surface area contributed by atoms with Crippen LogP contribution in [0, 0.1) is 11.3 Å². The zero-order valence-electron chi connectivity index (χ0n) is 12.3. The van der Waals surface area contributed by atoms with Gasteiger partial charge in [-0.05, 0) is 24.3 Å². The van der Waals surface area contributed by atoms with Crippen LogP contribution in [0.5, 0.6) is 5.75 Å². The maximum Gasteiger partial charge on any atom is 0.124 e. The van der Waals surface area contributed by atoms with Gasteiger partial charge in [-0.1, -0.05) is 42.2 Å². The summed E-state index contributed by atoms with van der Waals surface area (Å²) in [5, 5.41) is 16.6. The van der Waals surface area contributed by atoms with Crippen molar-refractivity contribution in [2.24, 2.45) is 0 Å². The normalized spacial score (nSPS) is 14.3. The maximum atomic E-state index is 9.50. The van der Waals surface area contributed by atoms with Gasteiger partial charge in [0, 0.05) is 16.6 Å². The Bertz CT molecular complexity index is 813. The van der Waals surface area contributed by atoms with Crippen LogP contribution < -0.4 is 15.4 Å². The number of rotatable bonds is 3. The van der Waals surface area contributed by atoms with Crippen LogP contribution in [0.25, 0.3) is 0 Å². The number of thioether (sulfide) groups is 1. The molecule has 0 bridgehead atoms. The van der Waals surface area contributed by atoms with Gasteiger partial charge in [-0.25, -0.2) is 0 Å². The highest BCUT2D eigenvalue weighted by atomic mass is 32.2. The highest BCUT2D eigenvalue weighted by molar-refractivity contribution is 8.03. The molecule has 23 heavy (non-hydrogen) atoms. The fourth-order valence-corrected chi connectivity index (χ4v) is 3.47. The highest BCUT2D eigenvalue weighted by Crippen LogP contribution is 2.42. The quantitative estimate of drug-likeness (QED) is 0.491. The summed E-state index contributed by atoms with van der Waals surface area (Å²) in [5.74, 6) is 0.727. The van der Waals surface area contributed by atoms with Gasteiger partial charge in [0.1, 0.15) is 22.4 Å². The summed E-state index contributed by atoms with van der Waals surface area (Å²) in [6.45, 7) is 0. The third-order valence-electron chi connectivity index (χ3n) is 3.24. The molecule has 0 aliphatic carbocycles. The van der Waals surface area contributed by atoms with Crippen molar-refractivity contribution >= 4 is 40.3 Å². The van der Waals surface area contributed by atoms with E-state index in [-0.39, 0.29) is 0 Å². The van der Waals surface area contributed by atoms with Crippen LogP contribution in [0.3, 0.4) is 0 Å². The van der Waals surface area contributed by atoms with Gasteiger partial charge in [0.15, 0.2) is 0 Å². The Labute approximate surface area is 144 Å². The molecule has 4 nitrogen and oxygen atoms in total. The molecule has 0 amide bonds. The van der Waals surface area contributed by atoms with Crippen molar-refractivity contribution < 1.29 is 4.74 Å². The number of anilines is 2. The first-order valence-electron chi connectivity index (χ1n) is 6.85. The lowest BCUT2D eigenvalue weighted by Gasteiger charge is -2.10. The van der Waals surface area contributed by atoms with E-state index in [1.54, 1.807) is 7.11 Å². The third kappa shape index (κ3) is 3.31. The van der Waals surface area contributed by atoms with Gasteiger partial charge in [0.2, 0.25) is 0 Å². The third-order valence-corrected chi connectivity index (χ3v) is 4.63. The Morgan fingerprint density at radius 1 is 1.26 bits per heavy atom. The van der Waals surface area contributed by atoms with E-state index in [1.165, 1.54) is 11.8 Å². The van der Waals surface area contributed by atoms with Crippen LogP contribution in [0.15, 0.2) is 64.0 Å². The van der Waals surface area contributed by atoms with Gasteiger partial charge in [0.25, 0.3) is 0 Å². The summed E-state index contributed by atoms with van der Waals surface area (Å²) in [4.78, 5) is 1.46. The lowest BCUT2D eigenvalue weighted by atomic mass is 10.2. The van der Waals surface area contributed by atoms with E-state index >= 15 is 0 Å². The molecule has 2 N–H and O–H groups in total. The number of nitrogens with zero attached hydrogens (tertiary/aromatic N) is 1. The second kappa shape index (κ2) is 6.73. The number of methoxy groups -OCH3 is 1. The van der Waals surface area contributed by atoms with Crippen LogP contribution in [0.4, 0.5) is 11.4 Å². The largest absolute Gasteiger partial charge is 0.497 e. The Morgan fingerprint density at radius 3 is 2.83 bits per heavy atom. The highest BCUT2D eigenvalue weighted by Gasteiger charge is 2.21. The lowest BCUT2D eigenvalue weighted by Crippen LogP contribution is -2.14. The van der Waals surface area contributed by atoms with Crippen molar-refractivity contribution in [1.29, 1.82) is 5.26 Å². The Balaban J connectivity index is 1.83. The predicted molar refractivity (Wildman–Crippen MR) is 97.8 cm³/mol. The van der Waals surface area contributed by atoms with E-state index < -0.39 is 0 Å². The molecule has 3 rings (SSSR count). The minimum absolute atomic E-state index is 0.378. The Morgan fingerprint density at radius 2 is 2.09 bits per heavy atom. The van der Waals surface area contributed by atoms with Crippen LogP contribution >= 0.6 is 24.0 Å². The first-order chi connectivity index (χ1) is 11.2. The van der Waals surface area contributed by atoms with E-state index in [9.17, 15) is 5.26 Å². The van der Waals surface area contributed by atoms with Gasteiger partial charge in [-0.2, -0.15) is 5.26 Å². The van der Waals surface area contributed by atoms with Crippen molar-refractivity contribution in [2.45, 2.75) is 4.90 Å². The molecular weight excluding hydrogens is 326 g/mol. The molecule has 0 unspecified atom stereocenters. The van der Waals surface area contributed by atoms with E-state index in [1.807, 2.05) is 48.5 Å². The smallest absolute Gasteiger partial charge is 0.124 e. The number of nitriles is 1. The second-order valence-electron chi connectivity index (χ2n) is 4.73. The Kier molecular flexibility index (Phi) is 4.51. The monoisotopic (exact) mass is 339 g/mol. The first-order valence-corrected chi connectivity index (χ1v) is 8.07. The van der Waals surface area contributed by atoms with Crippen molar-refractivity contribution in [3.05, 3.63) is 59.1 Å². The van der Waals surface area contributed by atoms with E-state index in [0.717, 1.165) is 27.0 Å². The summed E-state index contributed by atoms with van der Waals surface area (Å²) < 4.78 is 5.19. The van der Waals surface area contributed by atoms with Crippen molar-refractivity contribution in [3.63, 3.8) is 0 Å². The van der Waals surface area contributed by atoms with Gasteiger partial charge in [0.05, 0.1) is 17.8 Å². The molecule has 114 valence electrons. The van der Waals surface area contributed by atoms with Gasteiger partial charge < -0.3 is 15.4 Å². The molecule has 0 aromatic heterocycles. The molecular formula is C17H13N3OS2. The summed E-state index contributed by atoms with van der Waals surface area (Å²) in [7, 11) is 1.61. The number of nitrogens with one attached hydrogen (secondary N) is 2. The summed E-state index contributed by atoms with van der Waals surface area (Å²) in [6, 6.07) is 17.5. The van der Waals surface area contributed by atoms with E-state index in [2.05, 4.69) is 16.7 Å². The summed E-state index contributed by atoms with van der Waals surface area (Å²) >= 11 is 6.91. The van der Waals surface area contributed by atoms with Gasteiger partial charge >= 0.3 is 0 Å². The number of hydrogen-bond acceptors (Lipinski definition) is 5. The minimum atomic E-state index is 0.378. The number of para-hydroxylation sites is 1. The van der Waals surface area contributed by atoms with Crippen LogP contribution in [-0.2, 0) is 0 Å². The molecule has 0 saturated heterocycles. The Hall–Kier alpha value is -2.49. The molecule has 1 aliphatic rings. The molecule has 6 heteroatoms. The van der Waals surface area contributed by atoms with Crippen molar-refractivity contribution in [2.75, 3.05) is 17.7 Å². The van der Waals surface area contributed by atoms with Gasteiger partial charge in [-0.3, -0.25) is 0 Å². The molecule has 1 heterocycles. The maximum absolute atomic E-state index is 9.50. The summed E-state index contributed by atoms with van der Waals surface area (Å²) in [6.07, 6.45) is 0. The lowest BCUT2D eigenvalue weighted by molar-refractivity contribution is 0.415. The van der Waals surface area contributed by atoms with E-state index in [0.29, 0.717) is 10.6 Å². The fraction of sp³-hybridized carbons (Fsp3) is 0.0588. The average Bonchev–Trinajstić information content (AvgIpc) is 2.99.